The van der Waals surface area contributed by atoms with Crippen molar-refractivity contribution in [2.45, 2.75) is 52.6 Å². The van der Waals surface area contributed by atoms with Crippen molar-refractivity contribution in [1.29, 1.82) is 0 Å². The molecule has 369 valence electrons. The van der Waals surface area contributed by atoms with Gasteiger partial charge in [0.25, 0.3) is 0 Å². The molecule has 1 radical (unpaired) electrons. The number of benzene rings is 9. The molecule has 74 heavy (non-hydrogen) atoms. The van der Waals surface area contributed by atoms with Gasteiger partial charge in [0.05, 0.1) is 22.4 Å². The molecule has 0 bridgehead atoms. The van der Waals surface area contributed by atoms with Crippen LogP contribution in [0.4, 0.5) is 22.0 Å². The molecule has 0 unspecified atom stereocenters. The van der Waals surface area contributed by atoms with Crippen LogP contribution in [0.3, 0.4) is 0 Å². The van der Waals surface area contributed by atoms with Gasteiger partial charge in [0.2, 0.25) is 0 Å². The Labute approximate surface area is 442 Å². The number of furan rings is 1. The van der Waals surface area contributed by atoms with Gasteiger partial charge in [-0.15, -0.1) is 42.0 Å². The first-order valence-electron chi connectivity index (χ1n) is 25.4. The monoisotopic (exact) mass is 1160 g/mol. The van der Waals surface area contributed by atoms with Crippen molar-refractivity contribution in [2.75, 3.05) is 0 Å². The average molecular weight is 1160 g/mol. The van der Waals surface area contributed by atoms with Crippen LogP contribution in [0.25, 0.3) is 105 Å². The Kier molecular flexibility index (Phi) is 12.4. The van der Waals surface area contributed by atoms with Crippen molar-refractivity contribution >= 4 is 54.5 Å². The largest absolute Gasteiger partial charge is 0.500 e. The molecule has 0 N–H and O–H groups in total. The Bertz CT molecular complexity index is 4070. The van der Waals surface area contributed by atoms with E-state index in [1.165, 1.54) is 64.8 Å². The predicted molar refractivity (Wildman–Crippen MR) is 285 cm³/mol. The van der Waals surface area contributed by atoms with E-state index in [9.17, 15) is 17.6 Å². The summed E-state index contributed by atoms with van der Waals surface area (Å²) in [6.07, 6.45) is -3.22. The van der Waals surface area contributed by atoms with E-state index in [1.807, 2.05) is 48.5 Å². The van der Waals surface area contributed by atoms with E-state index in [-0.39, 0.29) is 43.3 Å². The number of pyridine rings is 1. The summed E-state index contributed by atoms with van der Waals surface area (Å²) in [5, 5.41) is 4.48. The fourth-order valence-corrected chi connectivity index (χ4v) is 9.73. The molecule has 10 heteroatoms. The number of hydrogen-bond donors (Lipinski definition) is 0. The van der Waals surface area contributed by atoms with Gasteiger partial charge in [0.1, 0.15) is 11.4 Å². The molecule has 3 heterocycles. The molecule has 0 aliphatic heterocycles. The van der Waals surface area contributed by atoms with Crippen LogP contribution in [0.5, 0.6) is 0 Å². The molecular formula is C64H46F5IrN3O-2. The molecule has 0 aliphatic rings. The van der Waals surface area contributed by atoms with Crippen LogP contribution in [-0.2, 0) is 26.3 Å². The SMILES string of the molecule is CC(C)c1cc(-c2ccc(-c3ccccc3)cc2)cc(C(C)C)c1-n1c(-c2[c-]cc(F)c3c2oc2c4ccc5cc(F)ccc5c4ccc23)nc2ccccc21.[2H]C([2H])([2H])c1ccc(-c2[c-]cc(C(F)(F)F)cc2)nc1.[Ir]. The van der Waals surface area contributed by atoms with Crippen molar-refractivity contribution in [3.05, 3.63) is 222 Å². The van der Waals surface area contributed by atoms with Crippen molar-refractivity contribution in [2.24, 2.45) is 0 Å². The van der Waals surface area contributed by atoms with Crippen LogP contribution in [0.15, 0.2) is 180 Å². The molecule has 0 fully saturated rings. The number of imidazole rings is 1. The van der Waals surface area contributed by atoms with Gasteiger partial charge in [0, 0.05) is 52.7 Å². The number of halogens is 5. The third kappa shape index (κ3) is 9.18. The second-order valence-electron chi connectivity index (χ2n) is 18.7. The number of aryl methyl sites for hydroxylation is 1. The number of para-hydroxylation sites is 2. The smallest absolute Gasteiger partial charge is 0.381 e. The Hall–Kier alpha value is -7.78. The van der Waals surface area contributed by atoms with E-state index < -0.39 is 24.4 Å². The molecule has 9 aromatic carbocycles. The van der Waals surface area contributed by atoms with Gasteiger partial charge in [0.15, 0.2) is 0 Å². The second kappa shape index (κ2) is 19.9. The van der Waals surface area contributed by atoms with Crippen molar-refractivity contribution in [1.82, 2.24) is 14.5 Å². The minimum absolute atomic E-state index is 0. The van der Waals surface area contributed by atoms with Crippen LogP contribution in [-0.4, -0.2) is 14.5 Å². The van der Waals surface area contributed by atoms with E-state index in [0.29, 0.717) is 44.6 Å². The molecule has 0 spiro atoms. The summed E-state index contributed by atoms with van der Waals surface area (Å²) in [6.45, 7) is 6.67. The first-order chi connectivity index (χ1) is 36.4. The standard InChI is InChI=1S/C51H37F2N2O.C13H9F3N.Ir/c1-29(2)42-27-35(33-16-14-32(15-17-33)31-10-6-5-7-11-31)28-43(30(3)4)48(42)55-46-13-9-8-12-45(46)54-51(55)41-24-25-44(53)47-40-23-22-38-37-21-19-36(52)26-34(37)18-20-39(38)49(40)56-50(41)47;1-9-2-7-12(17-8-9)10-3-5-11(6-4-10)13(14,15)16;/h5-23,25-30H,1-4H3;2-3,5-8H,1H3;/q2*-1;/i;1D3;. The van der Waals surface area contributed by atoms with Crippen molar-refractivity contribution in [3.8, 4) is 50.6 Å². The second-order valence-corrected chi connectivity index (χ2v) is 18.7. The summed E-state index contributed by atoms with van der Waals surface area (Å²) in [7, 11) is 0. The van der Waals surface area contributed by atoms with Gasteiger partial charge in [-0.05, 0) is 127 Å². The number of aromatic nitrogens is 3. The van der Waals surface area contributed by atoms with Gasteiger partial charge in [-0.25, -0.2) is 4.39 Å². The van der Waals surface area contributed by atoms with E-state index >= 15 is 4.39 Å². The zero-order chi connectivity index (χ0) is 53.2. The average Bonchev–Trinajstić information content (AvgIpc) is 4.18. The molecule has 12 aromatic rings. The van der Waals surface area contributed by atoms with E-state index in [1.54, 1.807) is 6.07 Å². The van der Waals surface area contributed by atoms with E-state index in [0.717, 1.165) is 61.5 Å². The number of hydrogen-bond acceptors (Lipinski definition) is 3. The Morgan fingerprint density at radius 1 is 0.622 bits per heavy atom. The summed E-state index contributed by atoms with van der Waals surface area (Å²) < 4.78 is 98.1. The summed E-state index contributed by atoms with van der Waals surface area (Å²) in [4.78, 5) is 9.19. The zero-order valence-corrected chi connectivity index (χ0v) is 42.8. The summed E-state index contributed by atoms with van der Waals surface area (Å²) >= 11 is 0. The normalized spacial score (nSPS) is 12.6. The number of fused-ring (bicyclic) bond motifs is 8. The molecule has 0 atom stereocenters. The van der Waals surface area contributed by atoms with Crippen LogP contribution in [0.1, 0.15) is 65.9 Å². The molecule has 0 amide bonds. The molecule has 12 rings (SSSR count). The van der Waals surface area contributed by atoms with Gasteiger partial charge >= 0.3 is 6.18 Å². The molecule has 0 saturated heterocycles. The Balaban J connectivity index is 0.000000271. The third-order valence-electron chi connectivity index (χ3n) is 13.4. The summed E-state index contributed by atoms with van der Waals surface area (Å²) in [5.41, 5.74) is 11.4. The van der Waals surface area contributed by atoms with Crippen LogP contribution in [0, 0.1) is 30.6 Å². The molecular weight excluding hydrogens is 1110 g/mol. The Morgan fingerprint density at radius 3 is 1.95 bits per heavy atom. The quantitative estimate of drug-likeness (QED) is 0.0907. The first-order valence-corrected chi connectivity index (χ1v) is 23.9. The molecule has 0 aliphatic carbocycles. The van der Waals surface area contributed by atoms with Crippen LogP contribution < -0.4 is 0 Å². The van der Waals surface area contributed by atoms with Gasteiger partial charge < -0.3 is 14.0 Å². The first kappa shape index (κ1) is 46.0. The minimum Gasteiger partial charge on any atom is -0.500 e. The topological polar surface area (TPSA) is 43.9 Å². The van der Waals surface area contributed by atoms with E-state index in [4.69, 9.17) is 13.5 Å². The minimum atomic E-state index is -4.41. The predicted octanol–water partition coefficient (Wildman–Crippen LogP) is 18.4. The van der Waals surface area contributed by atoms with Crippen LogP contribution >= 0.6 is 0 Å². The van der Waals surface area contributed by atoms with Gasteiger partial charge in [-0.1, -0.05) is 142 Å². The fourth-order valence-electron chi connectivity index (χ4n) is 9.73. The van der Waals surface area contributed by atoms with Crippen molar-refractivity contribution < 1.29 is 50.6 Å². The van der Waals surface area contributed by atoms with Gasteiger partial charge in [-0.3, -0.25) is 9.37 Å². The number of nitrogens with zero attached hydrogens (tertiary/aromatic N) is 3. The molecule has 4 nitrogen and oxygen atoms in total. The molecule has 0 saturated carbocycles. The fraction of sp³-hybridized carbons (Fsp3) is 0.125. The molecule has 3 aromatic heterocycles. The number of alkyl halides is 3. The Morgan fingerprint density at radius 2 is 1.28 bits per heavy atom. The summed E-state index contributed by atoms with van der Waals surface area (Å²) in [5.74, 6) is 0.251. The zero-order valence-electron chi connectivity index (χ0n) is 43.4. The van der Waals surface area contributed by atoms with Gasteiger partial charge in [-0.2, -0.15) is 13.2 Å². The summed E-state index contributed by atoms with van der Waals surface area (Å²) in [6, 6.07) is 57.5. The maximum absolute atomic E-state index is 16.1. The number of rotatable bonds is 7. The van der Waals surface area contributed by atoms with Crippen LogP contribution in [0.2, 0.25) is 0 Å². The maximum Gasteiger partial charge on any atom is 0.381 e. The van der Waals surface area contributed by atoms with Crippen molar-refractivity contribution in [3.63, 3.8) is 0 Å². The maximum atomic E-state index is 16.1. The van der Waals surface area contributed by atoms with E-state index in [2.05, 4.69) is 116 Å². The third-order valence-corrected chi connectivity index (χ3v) is 13.4.